The number of benzene rings is 5. The molecule has 0 aromatic heterocycles. The lowest BCUT2D eigenvalue weighted by Crippen LogP contribution is -2.19. The van der Waals surface area contributed by atoms with E-state index in [-0.39, 0.29) is 6.61 Å². The number of carbonyl (C=O) groups excluding carboxylic acids is 2. The van der Waals surface area contributed by atoms with Crippen molar-refractivity contribution in [2.75, 3.05) is 7.11 Å². The third-order valence-electron chi connectivity index (χ3n) is 6.26. The van der Waals surface area contributed by atoms with Gasteiger partial charge in [0.2, 0.25) is 0 Å². The number of carbonyl (C=O) groups is 2. The Bertz CT molecular complexity index is 1720. The van der Waals surface area contributed by atoms with E-state index in [1.807, 2.05) is 42.5 Å². The highest BCUT2D eigenvalue weighted by atomic mass is 35.5. The van der Waals surface area contributed by atoms with E-state index in [0.29, 0.717) is 39.0 Å². The molecule has 0 spiro atoms. The molecular formula is C33H25ClN2O5. The van der Waals surface area contributed by atoms with Gasteiger partial charge in [-0.1, -0.05) is 66.2 Å². The van der Waals surface area contributed by atoms with Gasteiger partial charge in [-0.2, -0.15) is 5.10 Å². The van der Waals surface area contributed by atoms with Crippen LogP contribution in [0.4, 0.5) is 0 Å². The first-order valence-electron chi connectivity index (χ1n) is 12.7. The third-order valence-corrected chi connectivity index (χ3v) is 6.51. The number of hydrazone groups is 1. The number of methoxy groups -OCH3 is 1. The number of hydrogen-bond acceptors (Lipinski definition) is 6. The van der Waals surface area contributed by atoms with Gasteiger partial charge in [0.25, 0.3) is 5.91 Å². The molecule has 41 heavy (non-hydrogen) atoms. The van der Waals surface area contributed by atoms with Crippen LogP contribution in [0.25, 0.3) is 10.8 Å². The fourth-order valence-corrected chi connectivity index (χ4v) is 4.25. The Labute approximate surface area is 241 Å². The van der Waals surface area contributed by atoms with Crippen LogP contribution >= 0.6 is 11.6 Å². The minimum absolute atomic E-state index is 0.268. The van der Waals surface area contributed by atoms with E-state index in [0.717, 1.165) is 16.3 Å². The highest BCUT2D eigenvalue weighted by Crippen LogP contribution is 2.28. The zero-order valence-electron chi connectivity index (χ0n) is 22.0. The first kappa shape index (κ1) is 27.4. The molecule has 7 nitrogen and oxygen atoms in total. The number of para-hydroxylation sites is 1. The molecule has 0 radical (unpaired) electrons. The van der Waals surface area contributed by atoms with E-state index >= 15 is 0 Å². The Morgan fingerprint density at radius 1 is 0.829 bits per heavy atom. The molecule has 0 aliphatic rings. The Kier molecular flexibility index (Phi) is 8.57. The fourth-order valence-electron chi connectivity index (χ4n) is 4.12. The largest absolute Gasteiger partial charge is 0.497 e. The molecule has 0 unspecified atom stereocenters. The summed E-state index contributed by atoms with van der Waals surface area (Å²) in [7, 11) is 1.56. The van der Waals surface area contributed by atoms with Gasteiger partial charge < -0.3 is 14.2 Å². The number of esters is 1. The van der Waals surface area contributed by atoms with Crippen molar-refractivity contribution in [3.8, 4) is 17.2 Å². The molecule has 0 aliphatic carbocycles. The van der Waals surface area contributed by atoms with Crippen LogP contribution in [0.1, 0.15) is 31.8 Å². The normalized spacial score (nSPS) is 10.9. The predicted molar refractivity (Wildman–Crippen MR) is 159 cm³/mol. The van der Waals surface area contributed by atoms with Crippen LogP contribution in [0, 0.1) is 0 Å². The average Bonchev–Trinajstić information content (AvgIpc) is 3.01. The molecule has 0 atom stereocenters. The Morgan fingerprint density at radius 2 is 1.56 bits per heavy atom. The average molecular weight is 565 g/mol. The van der Waals surface area contributed by atoms with Crippen molar-refractivity contribution in [2.24, 2.45) is 5.10 Å². The summed E-state index contributed by atoms with van der Waals surface area (Å²) in [5, 5.41) is 6.56. The molecule has 5 aromatic rings. The van der Waals surface area contributed by atoms with E-state index in [4.69, 9.17) is 25.8 Å². The second-order valence-electron chi connectivity index (χ2n) is 8.93. The summed E-state index contributed by atoms with van der Waals surface area (Å²) < 4.78 is 16.8. The minimum atomic E-state index is -0.534. The molecule has 1 amide bonds. The quantitative estimate of drug-likeness (QED) is 0.0896. The van der Waals surface area contributed by atoms with E-state index in [2.05, 4.69) is 10.5 Å². The van der Waals surface area contributed by atoms with Crippen LogP contribution in [-0.2, 0) is 6.61 Å². The van der Waals surface area contributed by atoms with E-state index < -0.39 is 11.9 Å². The number of hydrogen-bond donors (Lipinski definition) is 1. The van der Waals surface area contributed by atoms with Gasteiger partial charge in [0.05, 0.1) is 24.5 Å². The van der Waals surface area contributed by atoms with Gasteiger partial charge in [-0.05, 0) is 70.9 Å². The molecule has 204 valence electrons. The van der Waals surface area contributed by atoms with Crippen LogP contribution in [0.2, 0.25) is 5.02 Å². The molecule has 8 heteroatoms. The van der Waals surface area contributed by atoms with Gasteiger partial charge in [-0.25, -0.2) is 10.2 Å². The van der Waals surface area contributed by atoms with Gasteiger partial charge in [0, 0.05) is 10.6 Å². The van der Waals surface area contributed by atoms with Crippen molar-refractivity contribution in [2.45, 2.75) is 6.61 Å². The van der Waals surface area contributed by atoms with Crippen LogP contribution in [0.15, 0.2) is 114 Å². The minimum Gasteiger partial charge on any atom is -0.497 e. The summed E-state index contributed by atoms with van der Waals surface area (Å²) in [5.74, 6) is 0.356. The van der Waals surface area contributed by atoms with Gasteiger partial charge >= 0.3 is 5.97 Å². The summed E-state index contributed by atoms with van der Waals surface area (Å²) in [6, 6.07) is 32.0. The predicted octanol–water partition coefficient (Wildman–Crippen LogP) is 7.06. The standard InChI is InChI=1S/C33H25ClN2O5/c1-39-26-17-12-24(13-18-26)33(38)41-31-19-14-23-6-2-3-7-27(23)29(31)20-35-36-32(37)28-8-4-5-9-30(28)40-21-22-10-15-25(34)16-11-22/h2-20H,21H2,1H3,(H,36,37)/b35-20-. The lowest BCUT2D eigenvalue weighted by molar-refractivity contribution is 0.0734. The van der Waals surface area contributed by atoms with Crippen LogP contribution in [-0.4, -0.2) is 25.2 Å². The molecule has 0 saturated heterocycles. The molecule has 0 aliphatic heterocycles. The molecule has 5 rings (SSSR count). The highest BCUT2D eigenvalue weighted by molar-refractivity contribution is 6.30. The SMILES string of the molecule is COc1ccc(C(=O)Oc2ccc3ccccc3c2/C=N\NC(=O)c2ccccc2OCc2ccc(Cl)cc2)cc1. The smallest absolute Gasteiger partial charge is 0.343 e. The Hall–Kier alpha value is -5.14. The van der Waals surface area contributed by atoms with Crippen LogP contribution in [0.5, 0.6) is 17.2 Å². The summed E-state index contributed by atoms with van der Waals surface area (Å²) in [6.45, 7) is 0.268. The van der Waals surface area contributed by atoms with Crippen molar-refractivity contribution >= 4 is 40.5 Å². The Morgan fingerprint density at radius 3 is 2.34 bits per heavy atom. The lowest BCUT2D eigenvalue weighted by atomic mass is 10.0. The number of rotatable bonds is 9. The molecule has 0 bridgehead atoms. The molecular weight excluding hydrogens is 540 g/mol. The molecule has 0 fully saturated rings. The van der Waals surface area contributed by atoms with Crippen molar-refractivity contribution in [1.82, 2.24) is 5.43 Å². The number of ether oxygens (including phenoxy) is 3. The van der Waals surface area contributed by atoms with Gasteiger partial charge in [0.1, 0.15) is 23.9 Å². The van der Waals surface area contributed by atoms with E-state index in [9.17, 15) is 9.59 Å². The molecule has 1 N–H and O–H groups in total. The fraction of sp³-hybridized carbons (Fsp3) is 0.0606. The zero-order chi connectivity index (χ0) is 28.6. The van der Waals surface area contributed by atoms with Gasteiger partial charge in [0.15, 0.2) is 0 Å². The van der Waals surface area contributed by atoms with Crippen LogP contribution < -0.4 is 19.6 Å². The van der Waals surface area contributed by atoms with Gasteiger partial charge in [-0.3, -0.25) is 4.79 Å². The maximum atomic E-state index is 13.1. The topological polar surface area (TPSA) is 86.2 Å². The summed E-state index contributed by atoms with van der Waals surface area (Å²) in [5.41, 5.74) is 4.70. The number of nitrogens with zero attached hydrogens (tertiary/aromatic N) is 1. The number of halogens is 1. The second-order valence-corrected chi connectivity index (χ2v) is 9.36. The number of nitrogens with one attached hydrogen (secondary N) is 1. The molecule has 0 saturated carbocycles. The zero-order valence-corrected chi connectivity index (χ0v) is 22.8. The maximum Gasteiger partial charge on any atom is 0.343 e. The maximum absolute atomic E-state index is 13.1. The van der Waals surface area contributed by atoms with Crippen molar-refractivity contribution in [1.29, 1.82) is 0 Å². The highest BCUT2D eigenvalue weighted by Gasteiger charge is 2.15. The first-order chi connectivity index (χ1) is 20.0. The Balaban J connectivity index is 1.35. The number of amides is 1. The lowest BCUT2D eigenvalue weighted by Gasteiger charge is -2.12. The number of fused-ring (bicyclic) bond motifs is 1. The van der Waals surface area contributed by atoms with Crippen molar-refractivity contribution in [3.63, 3.8) is 0 Å². The summed E-state index contributed by atoms with van der Waals surface area (Å²) in [4.78, 5) is 25.9. The molecule has 0 heterocycles. The third kappa shape index (κ3) is 6.72. The molecule has 5 aromatic carbocycles. The van der Waals surface area contributed by atoms with Crippen LogP contribution in [0.3, 0.4) is 0 Å². The van der Waals surface area contributed by atoms with E-state index in [1.54, 1.807) is 73.8 Å². The van der Waals surface area contributed by atoms with Crippen molar-refractivity contribution in [3.05, 3.63) is 136 Å². The first-order valence-corrected chi connectivity index (χ1v) is 13.1. The summed E-state index contributed by atoms with van der Waals surface area (Å²) in [6.07, 6.45) is 1.47. The van der Waals surface area contributed by atoms with E-state index in [1.165, 1.54) is 6.21 Å². The second kappa shape index (κ2) is 12.8. The van der Waals surface area contributed by atoms with Crippen molar-refractivity contribution < 1.29 is 23.8 Å². The monoisotopic (exact) mass is 564 g/mol. The van der Waals surface area contributed by atoms with Gasteiger partial charge in [-0.15, -0.1) is 0 Å². The summed E-state index contributed by atoms with van der Waals surface area (Å²) >= 11 is 5.96.